The Labute approximate surface area is 119 Å². The molecule has 20 heavy (non-hydrogen) atoms. The highest BCUT2D eigenvalue weighted by atomic mass is 32.2. The van der Waals surface area contributed by atoms with Crippen LogP contribution in [0.4, 0.5) is 0 Å². The molecule has 1 aromatic heterocycles. The van der Waals surface area contributed by atoms with E-state index in [0.29, 0.717) is 5.56 Å². The quantitative estimate of drug-likeness (QED) is 0.777. The zero-order valence-electron chi connectivity index (χ0n) is 12.1. The van der Waals surface area contributed by atoms with Crippen LogP contribution in [0.15, 0.2) is 17.2 Å². The Kier molecular flexibility index (Phi) is 4.66. The third-order valence-corrected chi connectivity index (χ3v) is 4.90. The lowest BCUT2D eigenvalue weighted by Crippen LogP contribution is -2.19. The van der Waals surface area contributed by atoms with Crippen molar-refractivity contribution in [1.82, 2.24) is 4.98 Å². The molecule has 0 unspecified atom stereocenters. The van der Waals surface area contributed by atoms with E-state index >= 15 is 0 Å². The average Bonchev–Trinajstić information content (AvgIpc) is 2.45. The van der Waals surface area contributed by atoms with E-state index in [1.165, 1.54) is 19.2 Å². The van der Waals surface area contributed by atoms with Crippen molar-refractivity contribution >= 4 is 15.6 Å². The molecule has 0 saturated heterocycles. The second kappa shape index (κ2) is 5.71. The minimum atomic E-state index is -3.57. The summed E-state index contributed by atoms with van der Waals surface area (Å²) in [5, 5.41) is 9.13. The largest absolute Gasteiger partial charge is 0.292 e. The van der Waals surface area contributed by atoms with Gasteiger partial charge in [-0.05, 0) is 25.5 Å². The molecule has 0 radical (unpaired) electrons. The Bertz CT molecular complexity index is 670. The fraction of sp³-hybridized carbons (Fsp3) is 0.500. The van der Waals surface area contributed by atoms with Gasteiger partial charge in [-0.3, -0.25) is 9.78 Å². The van der Waals surface area contributed by atoms with E-state index in [0.717, 1.165) is 0 Å². The van der Waals surface area contributed by atoms with Gasteiger partial charge in [-0.25, -0.2) is 8.42 Å². The summed E-state index contributed by atoms with van der Waals surface area (Å²) in [6.07, 6.45) is 1.58. The summed E-state index contributed by atoms with van der Waals surface area (Å²) in [5.74, 6) is -0.437. The van der Waals surface area contributed by atoms with Crippen LogP contribution in [0.25, 0.3) is 0 Å². The Morgan fingerprint density at radius 1 is 1.40 bits per heavy atom. The van der Waals surface area contributed by atoms with Gasteiger partial charge in [-0.15, -0.1) is 0 Å². The number of carbonyl (C=O) groups is 1. The van der Waals surface area contributed by atoms with Crippen molar-refractivity contribution in [3.05, 3.63) is 23.5 Å². The van der Waals surface area contributed by atoms with E-state index in [-0.39, 0.29) is 28.5 Å². The summed E-state index contributed by atoms with van der Waals surface area (Å²) in [7, 11) is -3.57. The van der Waals surface area contributed by atoms with Gasteiger partial charge >= 0.3 is 0 Å². The normalized spacial score (nSPS) is 11.9. The molecule has 108 valence electrons. The molecule has 0 atom stereocenters. The number of hydrogen-bond donors (Lipinski definition) is 0. The SMILES string of the molecule is CCC(=O)c1ncc(C(C)(C)C#N)cc1S(=O)(=O)CC. The first-order valence-electron chi connectivity index (χ1n) is 6.37. The van der Waals surface area contributed by atoms with Crippen molar-refractivity contribution in [2.24, 2.45) is 0 Å². The molecule has 5 nitrogen and oxygen atoms in total. The third-order valence-electron chi connectivity index (χ3n) is 3.15. The van der Waals surface area contributed by atoms with Crippen molar-refractivity contribution in [2.45, 2.75) is 44.4 Å². The van der Waals surface area contributed by atoms with Crippen LogP contribution in [0.5, 0.6) is 0 Å². The van der Waals surface area contributed by atoms with Gasteiger partial charge in [0.25, 0.3) is 0 Å². The molecule has 0 bridgehead atoms. The average molecular weight is 294 g/mol. The zero-order valence-corrected chi connectivity index (χ0v) is 12.9. The molecular formula is C14H18N2O3S. The Morgan fingerprint density at radius 2 is 2.00 bits per heavy atom. The fourth-order valence-corrected chi connectivity index (χ4v) is 2.70. The lowest BCUT2D eigenvalue weighted by atomic mass is 9.87. The number of sulfone groups is 1. The van der Waals surface area contributed by atoms with Gasteiger partial charge in [0.15, 0.2) is 15.6 Å². The molecule has 0 N–H and O–H groups in total. The van der Waals surface area contributed by atoms with E-state index < -0.39 is 15.3 Å². The Morgan fingerprint density at radius 3 is 2.45 bits per heavy atom. The maximum Gasteiger partial charge on any atom is 0.182 e. The standard InChI is InChI=1S/C14H18N2O3S/c1-5-11(17)13-12(20(18,19)6-2)7-10(8-16-13)14(3,4)9-15/h7-8H,5-6H2,1-4H3. The lowest BCUT2D eigenvalue weighted by Gasteiger charge is -2.17. The van der Waals surface area contributed by atoms with Crippen LogP contribution in [0, 0.1) is 11.3 Å². The number of rotatable bonds is 5. The molecule has 0 aromatic carbocycles. The number of hydrogen-bond acceptors (Lipinski definition) is 5. The lowest BCUT2D eigenvalue weighted by molar-refractivity contribution is 0.0980. The monoisotopic (exact) mass is 294 g/mol. The van der Waals surface area contributed by atoms with Crippen LogP contribution < -0.4 is 0 Å². The summed E-state index contributed by atoms with van der Waals surface area (Å²) in [6.45, 7) is 6.51. The van der Waals surface area contributed by atoms with Gasteiger partial charge in [-0.2, -0.15) is 5.26 Å². The van der Waals surface area contributed by atoms with Gasteiger partial charge in [-0.1, -0.05) is 13.8 Å². The Balaban J connectivity index is 3.62. The molecule has 0 aliphatic carbocycles. The fourth-order valence-electron chi connectivity index (χ4n) is 1.62. The number of nitriles is 1. The first-order chi connectivity index (χ1) is 9.19. The van der Waals surface area contributed by atoms with E-state index in [2.05, 4.69) is 11.1 Å². The molecule has 1 heterocycles. The van der Waals surface area contributed by atoms with E-state index in [1.807, 2.05) is 0 Å². The van der Waals surface area contributed by atoms with Crippen LogP contribution >= 0.6 is 0 Å². The van der Waals surface area contributed by atoms with Crippen LogP contribution in [-0.2, 0) is 15.3 Å². The van der Waals surface area contributed by atoms with Gasteiger partial charge in [0.05, 0.1) is 22.1 Å². The van der Waals surface area contributed by atoms with Crippen molar-refractivity contribution in [3.8, 4) is 6.07 Å². The molecule has 0 fully saturated rings. The number of ketones is 1. The molecule has 1 aromatic rings. The van der Waals surface area contributed by atoms with E-state index in [4.69, 9.17) is 5.26 Å². The number of carbonyl (C=O) groups excluding carboxylic acids is 1. The number of nitrogens with zero attached hydrogens (tertiary/aromatic N) is 2. The maximum absolute atomic E-state index is 12.1. The summed E-state index contributed by atoms with van der Waals surface area (Å²) in [4.78, 5) is 15.8. The van der Waals surface area contributed by atoms with Crippen molar-refractivity contribution in [3.63, 3.8) is 0 Å². The second-order valence-corrected chi connectivity index (χ2v) is 7.23. The van der Waals surface area contributed by atoms with Crippen LogP contribution in [0.1, 0.15) is 50.2 Å². The van der Waals surface area contributed by atoms with Crippen molar-refractivity contribution in [2.75, 3.05) is 5.75 Å². The molecule has 0 aliphatic rings. The smallest absolute Gasteiger partial charge is 0.182 e. The molecule has 0 amide bonds. The minimum absolute atomic E-state index is 0.0353. The third kappa shape index (κ3) is 3.05. The van der Waals surface area contributed by atoms with Crippen molar-refractivity contribution in [1.29, 1.82) is 5.26 Å². The highest BCUT2D eigenvalue weighted by Crippen LogP contribution is 2.26. The van der Waals surface area contributed by atoms with Crippen molar-refractivity contribution < 1.29 is 13.2 Å². The highest BCUT2D eigenvalue weighted by molar-refractivity contribution is 7.91. The zero-order chi connectivity index (χ0) is 15.6. The summed E-state index contributed by atoms with van der Waals surface area (Å²) >= 11 is 0. The topological polar surface area (TPSA) is 87.9 Å². The van der Waals surface area contributed by atoms with Gasteiger partial charge in [0, 0.05) is 12.6 Å². The minimum Gasteiger partial charge on any atom is -0.292 e. The number of aromatic nitrogens is 1. The first kappa shape index (κ1) is 16.3. The summed E-state index contributed by atoms with van der Waals surface area (Å²) in [6, 6.07) is 3.50. The second-order valence-electron chi connectivity index (χ2n) is 4.99. The molecule has 0 aliphatic heterocycles. The summed E-state index contributed by atoms with van der Waals surface area (Å²) < 4.78 is 24.3. The van der Waals surface area contributed by atoms with Gasteiger partial charge in [0.2, 0.25) is 0 Å². The van der Waals surface area contributed by atoms with Crippen LogP contribution in [0.2, 0.25) is 0 Å². The molecular weight excluding hydrogens is 276 g/mol. The maximum atomic E-state index is 12.1. The summed E-state index contributed by atoms with van der Waals surface area (Å²) in [5.41, 5.74) is -0.412. The van der Waals surface area contributed by atoms with Gasteiger partial charge in [0.1, 0.15) is 5.69 Å². The number of Topliss-reactive ketones (excluding diaryl/α,β-unsaturated/α-hetero) is 1. The van der Waals surface area contributed by atoms with E-state index in [9.17, 15) is 13.2 Å². The molecule has 1 rings (SSSR count). The molecule has 6 heteroatoms. The Hall–Kier alpha value is -1.74. The van der Waals surface area contributed by atoms with Gasteiger partial charge < -0.3 is 0 Å². The van der Waals surface area contributed by atoms with Crippen LogP contribution in [-0.4, -0.2) is 24.9 Å². The first-order valence-corrected chi connectivity index (χ1v) is 8.02. The highest BCUT2D eigenvalue weighted by Gasteiger charge is 2.27. The number of pyridine rings is 1. The van der Waals surface area contributed by atoms with E-state index in [1.54, 1.807) is 20.8 Å². The molecule has 0 saturated carbocycles. The van der Waals surface area contributed by atoms with Crippen LogP contribution in [0.3, 0.4) is 0 Å². The predicted octanol–water partition coefficient (Wildman–Crippen LogP) is 2.27. The molecule has 0 spiro atoms. The predicted molar refractivity (Wildman–Crippen MR) is 75.2 cm³/mol.